The summed E-state index contributed by atoms with van der Waals surface area (Å²) >= 11 is 0. The zero-order chi connectivity index (χ0) is 18.5. The molecule has 142 valence electrons. The summed E-state index contributed by atoms with van der Waals surface area (Å²) < 4.78 is 10.7. The molecule has 0 aromatic rings. The largest absolute Gasteiger partial charge is 0.409 e. The Labute approximate surface area is 138 Å². The van der Waals surface area contributed by atoms with Gasteiger partial charge in [-0.05, 0) is 0 Å². The van der Waals surface area contributed by atoms with Gasteiger partial charge in [0, 0.05) is 12.8 Å². The Morgan fingerprint density at radius 1 is 0.875 bits per heavy atom. The first kappa shape index (κ1) is 22.3. The van der Waals surface area contributed by atoms with Gasteiger partial charge in [0.1, 0.15) is 36.1 Å². The molecule has 12 heteroatoms. The highest BCUT2D eigenvalue weighted by Crippen LogP contribution is 2.13. The van der Waals surface area contributed by atoms with Crippen LogP contribution in [0.25, 0.3) is 0 Å². The fourth-order valence-electron chi connectivity index (χ4n) is 1.72. The summed E-state index contributed by atoms with van der Waals surface area (Å²) in [5.74, 6) is -0.202. The lowest BCUT2D eigenvalue weighted by molar-refractivity contribution is -0.162. The van der Waals surface area contributed by atoms with Crippen LogP contribution in [0.15, 0.2) is 10.3 Å². The van der Waals surface area contributed by atoms with Gasteiger partial charge in [-0.15, -0.1) is 0 Å². The molecule has 10 N–H and O–H groups in total. The van der Waals surface area contributed by atoms with Gasteiger partial charge >= 0.3 is 0 Å². The van der Waals surface area contributed by atoms with Crippen LogP contribution >= 0.6 is 0 Å². The third-order valence-electron chi connectivity index (χ3n) is 3.08. The van der Waals surface area contributed by atoms with Gasteiger partial charge in [0.2, 0.25) is 0 Å². The summed E-state index contributed by atoms with van der Waals surface area (Å²) in [6, 6.07) is 0. The molecule has 0 heterocycles. The van der Waals surface area contributed by atoms with Crippen molar-refractivity contribution in [2.24, 2.45) is 21.8 Å². The van der Waals surface area contributed by atoms with Crippen molar-refractivity contribution in [2.75, 3.05) is 26.4 Å². The predicted octanol–water partition coefficient (Wildman–Crippen LogP) is -3.26. The van der Waals surface area contributed by atoms with Crippen molar-refractivity contribution < 1.29 is 40.3 Å². The number of aliphatic hydroxyl groups is 4. The SMILES string of the molecule is NC(CCOC(CO)C(OCCC(N)=NO)C(O)C(O)CO)=NO. The molecule has 4 unspecified atom stereocenters. The maximum atomic E-state index is 10.0. The van der Waals surface area contributed by atoms with Crippen LogP contribution in [0.4, 0.5) is 0 Å². The number of nitrogens with zero attached hydrogens (tertiary/aromatic N) is 2. The topological polar surface area (TPSA) is 217 Å². The second-order valence-corrected chi connectivity index (χ2v) is 4.85. The number of oxime groups is 2. The van der Waals surface area contributed by atoms with E-state index in [1.807, 2.05) is 0 Å². The zero-order valence-corrected chi connectivity index (χ0v) is 13.1. The van der Waals surface area contributed by atoms with Crippen LogP contribution in [-0.2, 0) is 9.47 Å². The monoisotopic (exact) mass is 354 g/mol. The van der Waals surface area contributed by atoms with E-state index in [1.54, 1.807) is 0 Å². The Morgan fingerprint density at radius 2 is 1.38 bits per heavy atom. The van der Waals surface area contributed by atoms with Crippen molar-refractivity contribution in [3.63, 3.8) is 0 Å². The molecule has 0 aliphatic carbocycles. The molecule has 24 heavy (non-hydrogen) atoms. The Hall–Kier alpha value is -1.70. The second kappa shape index (κ2) is 12.7. The molecule has 12 nitrogen and oxygen atoms in total. The van der Waals surface area contributed by atoms with Crippen LogP contribution in [-0.4, -0.2) is 93.4 Å². The lowest BCUT2D eigenvalue weighted by Gasteiger charge is -2.31. The molecular formula is C12H26N4O8. The quantitative estimate of drug-likeness (QED) is 0.0714. The van der Waals surface area contributed by atoms with E-state index >= 15 is 0 Å². The summed E-state index contributed by atoms with van der Waals surface area (Å²) in [6.07, 6.45) is -5.29. The van der Waals surface area contributed by atoms with Crippen LogP contribution in [0.3, 0.4) is 0 Å². The number of nitrogens with two attached hydrogens (primary N) is 2. The third kappa shape index (κ3) is 8.24. The molecule has 0 saturated heterocycles. The maximum absolute atomic E-state index is 10.0. The first-order valence-electron chi connectivity index (χ1n) is 7.15. The van der Waals surface area contributed by atoms with Crippen molar-refractivity contribution in [1.29, 1.82) is 0 Å². The van der Waals surface area contributed by atoms with E-state index in [2.05, 4.69) is 10.3 Å². The van der Waals surface area contributed by atoms with Crippen molar-refractivity contribution in [2.45, 2.75) is 37.3 Å². The van der Waals surface area contributed by atoms with Gasteiger partial charge < -0.3 is 51.8 Å². The molecular weight excluding hydrogens is 328 g/mol. The van der Waals surface area contributed by atoms with E-state index < -0.39 is 37.6 Å². The molecule has 0 radical (unpaired) electrons. The summed E-state index contributed by atoms with van der Waals surface area (Å²) in [6.45, 7) is -1.46. The van der Waals surface area contributed by atoms with E-state index in [1.165, 1.54) is 0 Å². The first-order valence-corrected chi connectivity index (χ1v) is 7.15. The molecule has 0 aliphatic rings. The standard InChI is InChI=1S/C12H26N4O8/c13-9(15-21)1-3-23-8(6-18)12(11(20)7(19)5-17)24-4-2-10(14)16-22/h7-8,11-12,17-22H,1-6H2,(H2,13,15)(H2,14,16). The molecule has 0 saturated carbocycles. The minimum atomic E-state index is -1.57. The number of amidine groups is 2. The van der Waals surface area contributed by atoms with Crippen molar-refractivity contribution in [3.8, 4) is 0 Å². The lowest BCUT2D eigenvalue weighted by atomic mass is 10.0. The van der Waals surface area contributed by atoms with Crippen LogP contribution in [0.2, 0.25) is 0 Å². The lowest BCUT2D eigenvalue weighted by Crippen LogP contribution is -2.50. The fraction of sp³-hybridized carbons (Fsp3) is 0.833. The van der Waals surface area contributed by atoms with Crippen LogP contribution in [0.5, 0.6) is 0 Å². The highest BCUT2D eigenvalue weighted by Gasteiger charge is 2.34. The third-order valence-corrected chi connectivity index (χ3v) is 3.08. The van der Waals surface area contributed by atoms with E-state index in [9.17, 15) is 15.3 Å². The molecule has 0 fully saturated rings. The first-order chi connectivity index (χ1) is 11.4. The number of hydrogen-bond donors (Lipinski definition) is 8. The molecule has 0 bridgehead atoms. The number of rotatable bonds is 13. The highest BCUT2D eigenvalue weighted by molar-refractivity contribution is 5.79. The van der Waals surface area contributed by atoms with Gasteiger partial charge in [-0.25, -0.2) is 0 Å². The van der Waals surface area contributed by atoms with Gasteiger partial charge in [-0.2, -0.15) is 0 Å². The molecule has 0 aromatic heterocycles. The Balaban J connectivity index is 4.83. The average molecular weight is 354 g/mol. The van der Waals surface area contributed by atoms with Crippen molar-refractivity contribution in [1.82, 2.24) is 0 Å². The van der Waals surface area contributed by atoms with Crippen LogP contribution in [0, 0.1) is 0 Å². The molecule has 4 atom stereocenters. The Morgan fingerprint density at radius 3 is 1.79 bits per heavy atom. The van der Waals surface area contributed by atoms with Crippen molar-refractivity contribution >= 4 is 11.7 Å². The van der Waals surface area contributed by atoms with Crippen LogP contribution < -0.4 is 11.5 Å². The second-order valence-electron chi connectivity index (χ2n) is 4.85. The minimum Gasteiger partial charge on any atom is -0.409 e. The van der Waals surface area contributed by atoms with Gasteiger partial charge in [0.05, 0.1) is 26.4 Å². The summed E-state index contributed by atoms with van der Waals surface area (Å²) in [5, 5.41) is 60.4. The minimum absolute atomic E-state index is 0.0250. The van der Waals surface area contributed by atoms with E-state index in [-0.39, 0.29) is 37.7 Å². The molecule has 0 aromatic carbocycles. The molecule has 0 amide bonds. The van der Waals surface area contributed by atoms with E-state index in [0.29, 0.717) is 0 Å². The van der Waals surface area contributed by atoms with Gasteiger partial charge in [-0.1, -0.05) is 10.3 Å². The molecule has 0 aliphatic heterocycles. The number of aliphatic hydroxyl groups excluding tert-OH is 4. The van der Waals surface area contributed by atoms with Crippen molar-refractivity contribution in [3.05, 3.63) is 0 Å². The van der Waals surface area contributed by atoms with E-state index in [0.717, 1.165) is 0 Å². The summed E-state index contributed by atoms with van der Waals surface area (Å²) in [4.78, 5) is 0. The highest BCUT2D eigenvalue weighted by atomic mass is 16.6. The Kier molecular flexibility index (Phi) is 11.8. The Bertz CT molecular complexity index is 395. The summed E-state index contributed by atoms with van der Waals surface area (Å²) in [5.41, 5.74) is 10.6. The normalized spacial score (nSPS) is 18.2. The van der Waals surface area contributed by atoms with Gasteiger partial charge in [0.15, 0.2) is 0 Å². The molecule has 0 spiro atoms. The maximum Gasteiger partial charge on any atom is 0.141 e. The van der Waals surface area contributed by atoms with Gasteiger partial charge in [0.25, 0.3) is 0 Å². The molecule has 0 rings (SSSR count). The zero-order valence-electron chi connectivity index (χ0n) is 13.1. The summed E-state index contributed by atoms with van der Waals surface area (Å²) in [7, 11) is 0. The van der Waals surface area contributed by atoms with Gasteiger partial charge in [-0.3, -0.25) is 0 Å². The fourth-order valence-corrected chi connectivity index (χ4v) is 1.72. The number of ether oxygens (including phenoxy) is 2. The average Bonchev–Trinajstić information content (AvgIpc) is 2.61. The van der Waals surface area contributed by atoms with Crippen LogP contribution in [0.1, 0.15) is 12.8 Å². The smallest absolute Gasteiger partial charge is 0.141 e. The predicted molar refractivity (Wildman–Crippen MR) is 81.7 cm³/mol. The van der Waals surface area contributed by atoms with E-state index in [4.69, 9.17) is 36.5 Å². The number of hydrogen-bond acceptors (Lipinski definition) is 10.